The summed E-state index contributed by atoms with van der Waals surface area (Å²) in [4.78, 5) is 4.43. The molecular formula is C13H12N3+. The van der Waals surface area contributed by atoms with Crippen LogP contribution in [0, 0.1) is 0 Å². The highest BCUT2D eigenvalue weighted by molar-refractivity contribution is 6.06. The predicted octanol–water partition coefficient (Wildman–Crippen LogP) is 1.79. The molecule has 1 aromatic carbocycles. The van der Waals surface area contributed by atoms with Gasteiger partial charge in [-0.15, -0.1) is 0 Å². The molecule has 78 valence electrons. The van der Waals surface area contributed by atoms with Crippen LogP contribution in [0.5, 0.6) is 0 Å². The third-order valence-electron chi connectivity index (χ3n) is 2.87. The summed E-state index contributed by atoms with van der Waals surface area (Å²) in [7, 11) is 2.01. The van der Waals surface area contributed by atoms with E-state index in [1.165, 1.54) is 0 Å². The van der Waals surface area contributed by atoms with Crippen LogP contribution in [-0.4, -0.2) is 4.98 Å². The second-order valence-electron chi connectivity index (χ2n) is 3.92. The van der Waals surface area contributed by atoms with E-state index in [0.29, 0.717) is 0 Å². The molecule has 0 atom stereocenters. The molecule has 0 aliphatic carbocycles. The van der Waals surface area contributed by atoms with Gasteiger partial charge in [-0.2, -0.15) is 4.57 Å². The topological polar surface area (TPSA) is 42.8 Å². The zero-order chi connectivity index (χ0) is 11.1. The van der Waals surface area contributed by atoms with Crippen molar-refractivity contribution in [2.45, 2.75) is 0 Å². The average Bonchev–Trinajstić information content (AvgIpc) is 2.30. The molecule has 0 saturated heterocycles. The van der Waals surface area contributed by atoms with Crippen LogP contribution in [0.3, 0.4) is 0 Å². The Hall–Kier alpha value is -2.16. The van der Waals surface area contributed by atoms with Gasteiger partial charge in [-0.1, -0.05) is 6.07 Å². The summed E-state index contributed by atoms with van der Waals surface area (Å²) in [5.74, 6) is 0. The predicted molar refractivity (Wildman–Crippen MR) is 64.8 cm³/mol. The molecule has 3 rings (SSSR count). The first kappa shape index (κ1) is 9.09. The second kappa shape index (κ2) is 3.17. The van der Waals surface area contributed by atoms with E-state index in [2.05, 4.69) is 9.55 Å². The van der Waals surface area contributed by atoms with E-state index >= 15 is 0 Å². The minimum absolute atomic E-state index is 0.798. The van der Waals surface area contributed by atoms with Crippen molar-refractivity contribution < 1.29 is 4.57 Å². The van der Waals surface area contributed by atoms with Crippen LogP contribution in [0.2, 0.25) is 0 Å². The third-order valence-corrected chi connectivity index (χ3v) is 2.87. The Balaban J connectivity index is 2.67. The highest BCUT2D eigenvalue weighted by Crippen LogP contribution is 2.25. The van der Waals surface area contributed by atoms with Gasteiger partial charge >= 0.3 is 0 Å². The van der Waals surface area contributed by atoms with Crippen LogP contribution in [0.15, 0.2) is 42.7 Å². The fourth-order valence-electron chi connectivity index (χ4n) is 2.12. The van der Waals surface area contributed by atoms with E-state index in [4.69, 9.17) is 5.73 Å². The van der Waals surface area contributed by atoms with Gasteiger partial charge in [0.25, 0.3) is 0 Å². The summed E-state index contributed by atoms with van der Waals surface area (Å²) in [5, 5.41) is 2.13. The lowest BCUT2D eigenvalue weighted by atomic mass is 10.1. The number of fused-ring (bicyclic) bond motifs is 3. The molecule has 0 bridgehead atoms. The average molecular weight is 210 g/mol. The van der Waals surface area contributed by atoms with Gasteiger partial charge in [0.2, 0.25) is 5.52 Å². The SMILES string of the molecule is C[n+]1cccc2c(N)cc3cccnc3c21. The summed E-state index contributed by atoms with van der Waals surface area (Å²) < 4.78 is 2.06. The molecule has 2 aromatic heterocycles. The van der Waals surface area contributed by atoms with Gasteiger partial charge < -0.3 is 5.73 Å². The van der Waals surface area contributed by atoms with E-state index < -0.39 is 0 Å². The van der Waals surface area contributed by atoms with Crippen molar-refractivity contribution in [2.75, 3.05) is 5.73 Å². The molecule has 2 heterocycles. The number of rotatable bonds is 0. The van der Waals surface area contributed by atoms with E-state index in [1.807, 2.05) is 49.8 Å². The molecule has 0 saturated carbocycles. The van der Waals surface area contributed by atoms with Crippen LogP contribution in [-0.2, 0) is 7.05 Å². The Labute approximate surface area is 93.1 Å². The van der Waals surface area contributed by atoms with Gasteiger partial charge in [-0.05, 0) is 18.2 Å². The van der Waals surface area contributed by atoms with Crippen molar-refractivity contribution in [3.8, 4) is 0 Å². The molecule has 16 heavy (non-hydrogen) atoms. The molecule has 3 heteroatoms. The van der Waals surface area contributed by atoms with Crippen molar-refractivity contribution in [3.05, 3.63) is 42.7 Å². The third kappa shape index (κ3) is 1.15. The van der Waals surface area contributed by atoms with E-state index in [1.54, 1.807) is 0 Å². The van der Waals surface area contributed by atoms with Gasteiger partial charge in [0.1, 0.15) is 12.6 Å². The number of pyridine rings is 2. The Kier molecular flexibility index (Phi) is 1.80. The van der Waals surface area contributed by atoms with E-state index in [9.17, 15) is 0 Å². The number of aryl methyl sites for hydroxylation is 1. The number of anilines is 1. The number of nitrogens with two attached hydrogens (primary N) is 1. The fourth-order valence-corrected chi connectivity index (χ4v) is 2.12. The van der Waals surface area contributed by atoms with Crippen molar-refractivity contribution in [3.63, 3.8) is 0 Å². The maximum Gasteiger partial charge on any atom is 0.240 e. The monoisotopic (exact) mass is 210 g/mol. The van der Waals surface area contributed by atoms with Crippen molar-refractivity contribution in [1.29, 1.82) is 0 Å². The van der Waals surface area contributed by atoms with E-state index in [0.717, 1.165) is 27.5 Å². The number of hydrogen-bond acceptors (Lipinski definition) is 2. The van der Waals surface area contributed by atoms with Gasteiger partial charge in [0, 0.05) is 23.3 Å². The molecule has 2 N–H and O–H groups in total. The number of aromatic nitrogens is 2. The Morgan fingerprint density at radius 1 is 1.25 bits per heavy atom. The number of benzene rings is 1. The summed E-state index contributed by atoms with van der Waals surface area (Å²) in [6.07, 6.45) is 3.82. The maximum atomic E-state index is 6.05. The largest absolute Gasteiger partial charge is 0.398 e. The van der Waals surface area contributed by atoms with Crippen molar-refractivity contribution in [1.82, 2.24) is 4.98 Å². The first-order valence-electron chi connectivity index (χ1n) is 5.19. The van der Waals surface area contributed by atoms with Crippen LogP contribution in [0.25, 0.3) is 21.8 Å². The van der Waals surface area contributed by atoms with Gasteiger partial charge in [0.05, 0.1) is 5.39 Å². The Morgan fingerprint density at radius 3 is 3.00 bits per heavy atom. The Morgan fingerprint density at radius 2 is 2.12 bits per heavy atom. The highest BCUT2D eigenvalue weighted by Gasteiger charge is 2.12. The summed E-state index contributed by atoms with van der Waals surface area (Å²) in [6.45, 7) is 0. The molecule has 3 aromatic rings. The van der Waals surface area contributed by atoms with Gasteiger partial charge in [0.15, 0.2) is 6.20 Å². The lowest BCUT2D eigenvalue weighted by Gasteiger charge is -2.03. The Bertz CT molecular complexity index is 689. The number of nitrogen functional groups attached to an aromatic ring is 1. The molecule has 3 nitrogen and oxygen atoms in total. The fraction of sp³-hybridized carbons (Fsp3) is 0.0769. The molecule has 0 radical (unpaired) electrons. The van der Waals surface area contributed by atoms with Crippen LogP contribution in [0.1, 0.15) is 0 Å². The summed E-state index contributed by atoms with van der Waals surface area (Å²) in [5.41, 5.74) is 8.92. The molecule has 0 unspecified atom stereocenters. The molecule has 0 aliphatic rings. The first-order valence-corrected chi connectivity index (χ1v) is 5.19. The van der Waals surface area contributed by atoms with Crippen molar-refractivity contribution >= 4 is 27.5 Å². The van der Waals surface area contributed by atoms with Crippen molar-refractivity contribution in [2.24, 2.45) is 7.05 Å². The van der Waals surface area contributed by atoms with Gasteiger partial charge in [-0.25, -0.2) is 4.98 Å². The maximum absolute atomic E-state index is 6.05. The molecule has 0 aliphatic heterocycles. The molecule has 0 fully saturated rings. The minimum atomic E-state index is 0.798. The molecular weight excluding hydrogens is 198 g/mol. The summed E-state index contributed by atoms with van der Waals surface area (Å²) in [6, 6.07) is 9.96. The smallest absolute Gasteiger partial charge is 0.240 e. The zero-order valence-electron chi connectivity index (χ0n) is 9.01. The highest BCUT2D eigenvalue weighted by atomic mass is 14.9. The molecule has 0 spiro atoms. The number of nitrogens with zero attached hydrogens (tertiary/aromatic N) is 2. The first-order chi connectivity index (χ1) is 7.77. The van der Waals surface area contributed by atoms with Crippen LogP contribution < -0.4 is 10.3 Å². The van der Waals surface area contributed by atoms with Crippen LogP contribution in [0.4, 0.5) is 5.69 Å². The van der Waals surface area contributed by atoms with Crippen LogP contribution >= 0.6 is 0 Å². The second-order valence-corrected chi connectivity index (χ2v) is 3.92. The summed E-state index contributed by atoms with van der Waals surface area (Å²) >= 11 is 0. The van der Waals surface area contributed by atoms with E-state index in [-0.39, 0.29) is 0 Å². The standard InChI is InChI=1S/C13H11N3/c1-16-7-3-5-10-11(14)8-9-4-2-6-15-12(9)13(10)16/h2-8,14H,1H3/p+1. The normalized spacial score (nSPS) is 11.1. The lowest BCUT2D eigenvalue weighted by Crippen LogP contribution is -2.28. The van der Waals surface area contributed by atoms with Gasteiger partial charge in [-0.3, -0.25) is 0 Å². The molecule has 0 amide bonds. The number of hydrogen-bond donors (Lipinski definition) is 1. The lowest BCUT2D eigenvalue weighted by molar-refractivity contribution is -0.644. The zero-order valence-corrected chi connectivity index (χ0v) is 9.01. The minimum Gasteiger partial charge on any atom is -0.398 e. The quantitative estimate of drug-likeness (QED) is 0.349.